The number of aryl methyl sites for hydroxylation is 2. The first kappa shape index (κ1) is 24.3. The van der Waals surface area contributed by atoms with E-state index in [-0.39, 0.29) is 35.0 Å². The first-order valence-corrected chi connectivity index (χ1v) is 12.6. The monoisotopic (exact) mass is 494 g/mol. The standard InChI is InChI=1S/C26H26N2O6S/c1-4-33-26(30)20-7-5-6-8-21(20)27-25(29)24-16-28(22-14-11-18(3)15-23(22)34-24)35(31,32)19-12-9-17(2)10-13-19/h5-15,24H,4,16H2,1-3H3,(H,27,29)/t24-/m0/s1. The van der Waals surface area contributed by atoms with Crippen molar-refractivity contribution in [3.8, 4) is 5.75 Å². The molecule has 3 aromatic rings. The maximum absolute atomic E-state index is 13.6. The third-order valence-electron chi connectivity index (χ3n) is 5.57. The highest BCUT2D eigenvalue weighted by Gasteiger charge is 2.38. The number of fused-ring (bicyclic) bond motifs is 1. The SMILES string of the molecule is CCOC(=O)c1ccccc1NC(=O)[C@@H]1CN(S(=O)(=O)c2ccc(C)cc2)c2ccc(C)cc2O1. The van der Waals surface area contributed by atoms with E-state index >= 15 is 0 Å². The van der Waals surface area contributed by atoms with E-state index in [1.165, 1.54) is 4.31 Å². The molecule has 0 aromatic heterocycles. The van der Waals surface area contributed by atoms with Gasteiger partial charge in [-0.15, -0.1) is 0 Å². The van der Waals surface area contributed by atoms with E-state index < -0.39 is 28.0 Å². The molecule has 0 fully saturated rings. The van der Waals surface area contributed by atoms with Gasteiger partial charge in [0.1, 0.15) is 5.75 Å². The van der Waals surface area contributed by atoms with Crippen molar-refractivity contribution in [2.24, 2.45) is 0 Å². The van der Waals surface area contributed by atoms with Gasteiger partial charge in [-0.05, 0) is 62.7 Å². The van der Waals surface area contributed by atoms with Crippen LogP contribution in [0, 0.1) is 13.8 Å². The normalized spacial score (nSPS) is 15.1. The highest BCUT2D eigenvalue weighted by molar-refractivity contribution is 7.92. The van der Waals surface area contributed by atoms with Gasteiger partial charge in [0.15, 0.2) is 6.10 Å². The van der Waals surface area contributed by atoms with Crippen LogP contribution >= 0.6 is 0 Å². The minimum atomic E-state index is -3.97. The van der Waals surface area contributed by atoms with Crippen LogP contribution in [0.2, 0.25) is 0 Å². The molecule has 9 heteroatoms. The summed E-state index contributed by atoms with van der Waals surface area (Å²) in [5.74, 6) is -0.874. The van der Waals surface area contributed by atoms with E-state index in [4.69, 9.17) is 9.47 Å². The molecule has 1 aliphatic rings. The molecule has 182 valence electrons. The average molecular weight is 495 g/mol. The Morgan fingerprint density at radius 2 is 1.71 bits per heavy atom. The van der Waals surface area contributed by atoms with Crippen molar-refractivity contribution >= 4 is 33.3 Å². The van der Waals surface area contributed by atoms with Crippen LogP contribution in [0.5, 0.6) is 5.75 Å². The number of ether oxygens (including phenoxy) is 2. The van der Waals surface area contributed by atoms with Gasteiger partial charge in [0.2, 0.25) is 0 Å². The van der Waals surface area contributed by atoms with Crippen molar-refractivity contribution in [1.29, 1.82) is 0 Å². The molecule has 0 unspecified atom stereocenters. The van der Waals surface area contributed by atoms with Crippen LogP contribution in [0.3, 0.4) is 0 Å². The lowest BCUT2D eigenvalue weighted by molar-refractivity contribution is -0.122. The van der Waals surface area contributed by atoms with Crippen LogP contribution in [-0.2, 0) is 19.6 Å². The third kappa shape index (κ3) is 5.00. The number of benzene rings is 3. The molecule has 0 aliphatic carbocycles. The van der Waals surface area contributed by atoms with Crippen LogP contribution in [0.15, 0.2) is 71.6 Å². The number of hydrogen-bond donors (Lipinski definition) is 1. The second kappa shape index (κ2) is 9.79. The van der Waals surface area contributed by atoms with Gasteiger partial charge in [-0.25, -0.2) is 13.2 Å². The predicted octanol–water partition coefficient (Wildman–Crippen LogP) is 4.08. The Kier molecular flexibility index (Phi) is 6.79. The molecule has 0 radical (unpaired) electrons. The Hall–Kier alpha value is -3.85. The Bertz CT molecular complexity index is 1370. The number of para-hydroxylation sites is 1. The molecule has 0 spiro atoms. The Morgan fingerprint density at radius 1 is 1.03 bits per heavy atom. The third-order valence-corrected chi connectivity index (χ3v) is 7.36. The molecule has 1 atom stereocenters. The number of sulfonamides is 1. The molecule has 1 N–H and O–H groups in total. The quantitative estimate of drug-likeness (QED) is 0.518. The summed E-state index contributed by atoms with van der Waals surface area (Å²) in [6.07, 6.45) is -1.15. The zero-order valence-corrected chi connectivity index (χ0v) is 20.5. The maximum Gasteiger partial charge on any atom is 0.340 e. The van der Waals surface area contributed by atoms with Gasteiger partial charge in [0.25, 0.3) is 15.9 Å². The lowest BCUT2D eigenvalue weighted by Crippen LogP contribution is -2.49. The van der Waals surface area contributed by atoms with E-state index in [0.29, 0.717) is 5.69 Å². The zero-order valence-electron chi connectivity index (χ0n) is 19.6. The maximum atomic E-state index is 13.6. The molecule has 3 aromatic carbocycles. The van der Waals surface area contributed by atoms with E-state index in [9.17, 15) is 18.0 Å². The minimum absolute atomic E-state index is 0.114. The summed E-state index contributed by atoms with van der Waals surface area (Å²) in [6, 6.07) is 18.1. The van der Waals surface area contributed by atoms with Crippen LogP contribution in [0.25, 0.3) is 0 Å². The first-order chi connectivity index (χ1) is 16.7. The van der Waals surface area contributed by atoms with Gasteiger partial charge in [0.05, 0.1) is 35.0 Å². The lowest BCUT2D eigenvalue weighted by atomic mass is 10.1. The fourth-order valence-electron chi connectivity index (χ4n) is 3.75. The number of anilines is 2. The number of nitrogens with zero attached hydrogens (tertiary/aromatic N) is 1. The summed E-state index contributed by atoms with van der Waals surface area (Å²) in [5, 5.41) is 2.70. The van der Waals surface area contributed by atoms with Crippen LogP contribution in [0.1, 0.15) is 28.4 Å². The topological polar surface area (TPSA) is 102 Å². The second-order valence-electron chi connectivity index (χ2n) is 8.18. The lowest BCUT2D eigenvalue weighted by Gasteiger charge is -2.35. The number of hydrogen-bond acceptors (Lipinski definition) is 6. The Balaban J connectivity index is 1.67. The molecule has 0 bridgehead atoms. The molecule has 8 nitrogen and oxygen atoms in total. The second-order valence-corrected chi connectivity index (χ2v) is 10.0. The summed E-state index contributed by atoms with van der Waals surface area (Å²) in [4.78, 5) is 25.6. The van der Waals surface area contributed by atoms with Crippen molar-refractivity contribution in [3.05, 3.63) is 83.4 Å². The summed E-state index contributed by atoms with van der Waals surface area (Å²) >= 11 is 0. The molecule has 0 saturated heterocycles. The Morgan fingerprint density at radius 3 is 2.43 bits per heavy atom. The number of esters is 1. The van der Waals surface area contributed by atoms with Crippen LogP contribution in [-0.4, -0.2) is 39.5 Å². The van der Waals surface area contributed by atoms with Gasteiger partial charge in [-0.1, -0.05) is 35.9 Å². The van der Waals surface area contributed by atoms with Crippen molar-refractivity contribution in [2.75, 3.05) is 22.8 Å². The van der Waals surface area contributed by atoms with Crippen molar-refractivity contribution in [3.63, 3.8) is 0 Å². The largest absolute Gasteiger partial charge is 0.476 e. The molecular weight excluding hydrogens is 468 g/mol. The fourth-order valence-corrected chi connectivity index (χ4v) is 5.23. The number of carbonyl (C=O) groups is 2. The first-order valence-electron chi connectivity index (χ1n) is 11.1. The van der Waals surface area contributed by atoms with Gasteiger partial charge < -0.3 is 14.8 Å². The van der Waals surface area contributed by atoms with Crippen molar-refractivity contribution in [1.82, 2.24) is 0 Å². The summed E-state index contributed by atoms with van der Waals surface area (Å²) in [7, 11) is -3.97. The zero-order chi connectivity index (χ0) is 25.2. The van der Waals surface area contributed by atoms with Gasteiger partial charge in [0, 0.05) is 0 Å². The molecule has 1 heterocycles. The highest BCUT2D eigenvalue weighted by atomic mass is 32.2. The molecule has 1 aliphatic heterocycles. The number of rotatable bonds is 6. The fraction of sp³-hybridized carbons (Fsp3) is 0.231. The molecule has 35 heavy (non-hydrogen) atoms. The molecular formula is C26H26N2O6S. The predicted molar refractivity (Wildman–Crippen MR) is 132 cm³/mol. The van der Waals surface area contributed by atoms with Crippen molar-refractivity contribution < 1.29 is 27.5 Å². The highest BCUT2D eigenvalue weighted by Crippen LogP contribution is 2.38. The summed E-state index contributed by atoms with van der Waals surface area (Å²) in [6.45, 7) is 5.37. The van der Waals surface area contributed by atoms with Gasteiger partial charge in [-0.2, -0.15) is 0 Å². The summed E-state index contributed by atoms with van der Waals surface area (Å²) in [5.41, 5.74) is 2.58. The number of carbonyl (C=O) groups excluding carboxylic acids is 2. The number of nitrogens with one attached hydrogen (secondary N) is 1. The van der Waals surface area contributed by atoms with Crippen LogP contribution < -0.4 is 14.4 Å². The minimum Gasteiger partial charge on any atom is -0.476 e. The summed E-state index contributed by atoms with van der Waals surface area (Å²) < 4.78 is 39.3. The van der Waals surface area contributed by atoms with Crippen LogP contribution in [0.4, 0.5) is 11.4 Å². The molecule has 1 amide bonds. The van der Waals surface area contributed by atoms with E-state index in [2.05, 4.69) is 5.32 Å². The number of amides is 1. The van der Waals surface area contributed by atoms with E-state index in [1.807, 2.05) is 13.8 Å². The average Bonchev–Trinajstić information content (AvgIpc) is 2.83. The van der Waals surface area contributed by atoms with Crippen molar-refractivity contribution in [2.45, 2.75) is 31.8 Å². The van der Waals surface area contributed by atoms with Gasteiger partial charge in [-0.3, -0.25) is 9.10 Å². The smallest absolute Gasteiger partial charge is 0.340 e. The molecule has 4 rings (SSSR count). The van der Waals surface area contributed by atoms with Gasteiger partial charge >= 0.3 is 5.97 Å². The molecule has 0 saturated carbocycles. The van der Waals surface area contributed by atoms with E-state index in [0.717, 1.165) is 11.1 Å². The van der Waals surface area contributed by atoms with E-state index in [1.54, 1.807) is 73.7 Å². The Labute approximate surface area is 204 Å².